The number of rotatable bonds is 5. The molecule has 6 nitrogen and oxygen atoms in total. The van der Waals surface area contributed by atoms with Gasteiger partial charge in [-0.1, -0.05) is 6.07 Å². The van der Waals surface area contributed by atoms with Crippen LogP contribution in [-0.4, -0.2) is 31.6 Å². The summed E-state index contributed by atoms with van der Waals surface area (Å²) in [5.74, 6) is -1.30. The van der Waals surface area contributed by atoms with Gasteiger partial charge in [-0.15, -0.1) is 11.3 Å². The molecule has 0 bridgehead atoms. The maximum Gasteiger partial charge on any atom is 0.341 e. The molecule has 1 aliphatic rings. The van der Waals surface area contributed by atoms with Crippen LogP contribution in [0.4, 0.5) is 5.00 Å². The van der Waals surface area contributed by atoms with Crippen LogP contribution in [0.3, 0.4) is 0 Å². The first kappa shape index (κ1) is 19.1. The third-order valence-corrected chi connectivity index (χ3v) is 5.63. The van der Waals surface area contributed by atoms with Gasteiger partial charge < -0.3 is 14.8 Å². The SMILES string of the molecule is CCOC(=O)c1c(NC(=O)c2cccc(C(=O)OC)c2)sc2c1CCCC2. The Morgan fingerprint density at radius 3 is 2.59 bits per heavy atom. The molecule has 0 saturated heterocycles. The number of esters is 2. The molecular weight excluding hydrogens is 366 g/mol. The van der Waals surface area contributed by atoms with Crippen LogP contribution in [0.25, 0.3) is 0 Å². The predicted molar refractivity (Wildman–Crippen MR) is 103 cm³/mol. The Kier molecular flexibility index (Phi) is 5.91. The minimum atomic E-state index is -0.511. The molecule has 142 valence electrons. The van der Waals surface area contributed by atoms with Crippen LogP contribution in [0.2, 0.25) is 0 Å². The summed E-state index contributed by atoms with van der Waals surface area (Å²) >= 11 is 1.43. The Morgan fingerprint density at radius 1 is 1.11 bits per heavy atom. The second kappa shape index (κ2) is 8.35. The number of amides is 1. The van der Waals surface area contributed by atoms with Crippen LogP contribution < -0.4 is 5.32 Å². The molecule has 0 radical (unpaired) electrons. The Hall–Kier alpha value is -2.67. The normalized spacial score (nSPS) is 12.8. The number of aryl methyl sites for hydroxylation is 1. The van der Waals surface area contributed by atoms with Gasteiger partial charge in [0.15, 0.2) is 0 Å². The Balaban J connectivity index is 1.91. The van der Waals surface area contributed by atoms with E-state index in [2.05, 4.69) is 5.32 Å². The summed E-state index contributed by atoms with van der Waals surface area (Å²) in [6, 6.07) is 6.28. The van der Waals surface area contributed by atoms with Crippen LogP contribution in [0, 0.1) is 0 Å². The zero-order valence-electron chi connectivity index (χ0n) is 15.3. The van der Waals surface area contributed by atoms with Crippen LogP contribution in [0.15, 0.2) is 24.3 Å². The number of fused-ring (bicyclic) bond motifs is 1. The first-order valence-electron chi connectivity index (χ1n) is 8.86. The van der Waals surface area contributed by atoms with Crippen molar-refractivity contribution in [3.63, 3.8) is 0 Å². The van der Waals surface area contributed by atoms with E-state index in [0.717, 1.165) is 36.1 Å². The molecule has 1 heterocycles. The number of methoxy groups -OCH3 is 1. The van der Waals surface area contributed by atoms with Gasteiger partial charge in [-0.25, -0.2) is 9.59 Å². The fourth-order valence-corrected chi connectivity index (χ4v) is 4.43. The number of hydrogen-bond donors (Lipinski definition) is 1. The van der Waals surface area contributed by atoms with Crippen molar-refractivity contribution < 1.29 is 23.9 Å². The van der Waals surface area contributed by atoms with Crippen LogP contribution in [0.5, 0.6) is 0 Å². The quantitative estimate of drug-likeness (QED) is 0.788. The molecule has 1 aliphatic carbocycles. The minimum Gasteiger partial charge on any atom is -0.465 e. The third kappa shape index (κ3) is 4.03. The van der Waals surface area contributed by atoms with Crippen molar-refractivity contribution in [2.45, 2.75) is 32.6 Å². The second-order valence-electron chi connectivity index (χ2n) is 6.16. The van der Waals surface area contributed by atoms with Crippen LogP contribution in [0.1, 0.15) is 61.3 Å². The van der Waals surface area contributed by atoms with E-state index in [9.17, 15) is 14.4 Å². The number of hydrogen-bond acceptors (Lipinski definition) is 6. The number of thiophene rings is 1. The maximum absolute atomic E-state index is 12.7. The highest BCUT2D eigenvalue weighted by Crippen LogP contribution is 2.38. The highest BCUT2D eigenvalue weighted by Gasteiger charge is 2.27. The fourth-order valence-electron chi connectivity index (χ4n) is 3.15. The number of carbonyl (C=O) groups is 3. The van der Waals surface area contributed by atoms with E-state index in [0.29, 0.717) is 21.7 Å². The van der Waals surface area contributed by atoms with Crippen molar-refractivity contribution in [3.8, 4) is 0 Å². The number of anilines is 1. The zero-order valence-corrected chi connectivity index (χ0v) is 16.1. The summed E-state index contributed by atoms with van der Waals surface area (Å²) in [4.78, 5) is 38.0. The highest BCUT2D eigenvalue weighted by molar-refractivity contribution is 7.17. The molecule has 0 unspecified atom stereocenters. The van der Waals surface area contributed by atoms with Crippen molar-refractivity contribution in [1.82, 2.24) is 0 Å². The van der Waals surface area contributed by atoms with Crippen molar-refractivity contribution in [2.24, 2.45) is 0 Å². The monoisotopic (exact) mass is 387 g/mol. The molecule has 27 heavy (non-hydrogen) atoms. The van der Waals surface area contributed by atoms with E-state index in [-0.39, 0.29) is 12.5 Å². The minimum absolute atomic E-state index is 0.276. The second-order valence-corrected chi connectivity index (χ2v) is 7.27. The number of benzene rings is 1. The molecule has 1 N–H and O–H groups in total. The molecule has 0 spiro atoms. The zero-order chi connectivity index (χ0) is 19.4. The standard InChI is InChI=1S/C20H21NO5S/c1-3-26-20(24)16-14-9-4-5-10-15(14)27-18(16)21-17(22)12-7-6-8-13(11-12)19(23)25-2/h6-8,11H,3-5,9-10H2,1-2H3,(H,21,22). The maximum atomic E-state index is 12.7. The van der Waals surface area contributed by atoms with Gasteiger partial charge in [0.25, 0.3) is 5.91 Å². The highest BCUT2D eigenvalue weighted by atomic mass is 32.1. The third-order valence-electron chi connectivity index (χ3n) is 4.42. The number of ether oxygens (including phenoxy) is 2. The van der Waals surface area contributed by atoms with Gasteiger partial charge in [-0.2, -0.15) is 0 Å². The lowest BCUT2D eigenvalue weighted by molar-refractivity contribution is 0.0525. The number of nitrogens with one attached hydrogen (secondary N) is 1. The average Bonchev–Trinajstić information content (AvgIpc) is 3.05. The summed E-state index contributed by atoms with van der Waals surface area (Å²) in [5, 5.41) is 3.34. The molecule has 0 fully saturated rings. The van der Waals surface area contributed by atoms with E-state index in [1.807, 2.05) is 0 Å². The molecule has 2 aromatic rings. The van der Waals surface area contributed by atoms with E-state index in [1.165, 1.54) is 24.5 Å². The molecule has 3 rings (SSSR count). The van der Waals surface area contributed by atoms with Gasteiger partial charge in [0.05, 0.1) is 24.8 Å². The van der Waals surface area contributed by atoms with E-state index < -0.39 is 11.9 Å². The van der Waals surface area contributed by atoms with Crippen LogP contribution >= 0.6 is 11.3 Å². The summed E-state index contributed by atoms with van der Waals surface area (Å²) < 4.78 is 9.89. The first-order valence-corrected chi connectivity index (χ1v) is 9.68. The lowest BCUT2D eigenvalue weighted by Crippen LogP contribution is -2.16. The first-order chi connectivity index (χ1) is 13.0. The van der Waals surface area contributed by atoms with Crippen molar-refractivity contribution in [1.29, 1.82) is 0 Å². The van der Waals surface area contributed by atoms with E-state index in [1.54, 1.807) is 25.1 Å². The van der Waals surface area contributed by atoms with Gasteiger partial charge in [0, 0.05) is 10.4 Å². The molecule has 0 saturated carbocycles. The molecule has 0 atom stereocenters. The molecule has 1 amide bonds. The Bertz CT molecular complexity index is 886. The molecule has 1 aromatic heterocycles. The van der Waals surface area contributed by atoms with E-state index in [4.69, 9.17) is 9.47 Å². The Labute approximate surface area is 161 Å². The van der Waals surface area contributed by atoms with Gasteiger partial charge in [0.2, 0.25) is 0 Å². The van der Waals surface area contributed by atoms with E-state index >= 15 is 0 Å². The molecule has 7 heteroatoms. The molecular formula is C20H21NO5S. The summed E-state index contributed by atoms with van der Waals surface area (Å²) in [5.41, 5.74) is 2.07. The predicted octanol–water partition coefficient (Wildman–Crippen LogP) is 3.84. The lowest BCUT2D eigenvalue weighted by Gasteiger charge is -2.12. The van der Waals surface area contributed by atoms with Crippen LogP contribution in [-0.2, 0) is 22.3 Å². The summed E-state index contributed by atoms with van der Waals surface area (Å²) in [6.07, 6.45) is 3.81. The fraction of sp³-hybridized carbons (Fsp3) is 0.350. The smallest absolute Gasteiger partial charge is 0.341 e. The topological polar surface area (TPSA) is 81.7 Å². The van der Waals surface area contributed by atoms with Gasteiger partial charge in [0.1, 0.15) is 5.00 Å². The van der Waals surface area contributed by atoms with Gasteiger partial charge in [-0.3, -0.25) is 4.79 Å². The van der Waals surface area contributed by atoms with Crippen molar-refractivity contribution in [2.75, 3.05) is 19.0 Å². The number of carbonyl (C=O) groups excluding carboxylic acids is 3. The van der Waals surface area contributed by atoms with Gasteiger partial charge >= 0.3 is 11.9 Å². The van der Waals surface area contributed by atoms with Gasteiger partial charge in [-0.05, 0) is 56.4 Å². The molecule has 0 aliphatic heterocycles. The summed E-state index contributed by atoms with van der Waals surface area (Å²) in [6.45, 7) is 2.03. The largest absolute Gasteiger partial charge is 0.465 e. The van der Waals surface area contributed by atoms with Crippen molar-refractivity contribution >= 4 is 34.2 Å². The molecule has 1 aromatic carbocycles. The lowest BCUT2D eigenvalue weighted by atomic mass is 9.95. The average molecular weight is 387 g/mol. The summed E-state index contributed by atoms with van der Waals surface area (Å²) in [7, 11) is 1.29. The van der Waals surface area contributed by atoms with Crippen molar-refractivity contribution in [3.05, 3.63) is 51.4 Å². The Morgan fingerprint density at radius 2 is 1.85 bits per heavy atom.